The molecule has 0 atom stereocenters. The summed E-state index contributed by atoms with van der Waals surface area (Å²) < 4.78 is 10.6. The molecule has 19 heavy (non-hydrogen) atoms. The molecule has 4 heteroatoms. The Hall–Kier alpha value is -2.15. The molecule has 1 saturated heterocycles. The van der Waals surface area contributed by atoms with Crippen molar-refractivity contribution in [3.05, 3.63) is 23.3 Å². The Balaban J connectivity index is 1.83. The van der Waals surface area contributed by atoms with Crippen LogP contribution in [0.3, 0.4) is 0 Å². The molecule has 2 aliphatic rings. The first-order valence-electron chi connectivity index (χ1n) is 6.45. The Labute approximate surface area is 112 Å². The third kappa shape index (κ3) is 2.37. The first-order valence-corrected chi connectivity index (χ1v) is 6.45. The number of ketones is 1. The molecule has 2 aliphatic heterocycles. The summed E-state index contributed by atoms with van der Waals surface area (Å²) in [6, 6.07) is 6.48. The van der Waals surface area contributed by atoms with Gasteiger partial charge in [0, 0.05) is 24.7 Å². The molecule has 1 aromatic carbocycles. The van der Waals surface area contributed by atoms with Crippen LogP contribution in [0.2, 0.25) is 0 Å². The van der Waals surface area contributed by atoms with E-state index >= 15 is 0 Å². The molecule has 0 amide bonds. The van der Waals surface area contributed by atoms with E-state index in [1.54, 1.807) is 6.07 Å². The number of rotatable bonds is 1. The molecule has 0 saturated carbocycles. The van der Waals surface area contributed by atoms with Gasteiger partial charge in [-0.1, -0.05) is 0 Å². The molecule has 0 bridgehead atoms. The highest BCUT2D eigenvalue weighted by molar-refractivity contribution is 6.10. The number of ether oxygens (including phenoxy) is 2. The lowest BCUT2D eigenvalue weighted by Crippen LogP contribution is -2.12. The second-order valence-corrected chi connectivity index (χ2v) is 4.78. The minimum atomic E-state index is -0.164. The molecule has 0 unspecified atom stereocenters. The van der Waals surface area contributed by atoms with Crippen LogP contribution in [-0.2, 0) is 0 Å². The standard InChI is InChI=1S/C15H15NO3/c1-11-8-14-15(19-10-18-14)9-12(11)13(17)4-7-16-5-2-3-6-16/h8-9H,2-3,5-6,10H2,1H3. The zero-order valence-corrected chi connectivity index (χ0v) is 10.9. The van der Waals surface area contributed by atoms with Crippen molar-refractivity contribution >= 4 is 5.78 Å². The van der Waals surface area contributed by atoms with E-state index in [-0.39, 0.29) is 12.6 Å². The summed E-state index contributed by atoms with van der Waals surface area (Å²) in [5.74, 6) is 3.87. The Morgan fingerprint density at radius 2 is 1.89 bits per heavy atom. The van der Waals surface area contributed by atoms with Gasteiger partial charge in [0.2, 0.25) is 12.6 Å². The van der Waals surface area contributed by atoms with Crippen molar-refractivity contribution in [1.82, 2.24) is 4.90 Å². The van der Waals surface area contributed by atoms with Crippen LogP contribution in [0.4, 0.5) is 0 Å². The van der Waals surface area contributed by atoms with Crippen LogP contribution in [0.25, 0.3) is 0 Å². The molecule has 1 fully saturated rings. The van der Waals surface area contributed by atoms with E-state index in [4.69, 9.17) is 9.47 Å². The average molecular weight is 257 g/mol. The molecule has 98 valence electrons. The number of hydrogen-bond acceptors (Lipinski definition) is 4. The molecule has 3 rings (SSSR count). The maximum atomic E-state index is 12.1. The minimum absolute atomic E-state index is 0.164. The third-order valence-corrected chi connectivity index (χ3v) is 3.40. The van der Waals surface area contributed by atoms with Gasteiger partial charge in [0.05, 0.1) is 0 Å². The Bertz CT molecular complexity index is 577. The number of Topliss-reactive ketones (excluding diaryl/α,β-unsaturated/α-hetero) is 1. The Morgan fingerprint density at radius 1 is 1.21 bits per heavy atom. The van der Waals surface area contributed by atoms with Crippen LogP contribution >= 0.6 is 0 Å². The van der Waals surface area contributed by atoms with Gasteiger partial charge in [-0.25, -0.2) is 0 Å². The molecule has 4 nitrogen and oxygen atoms in total. The number of carbonyl (C=O) groups excluding carboxylic acids is 1. The monoisotopic (exact) mass is 257 g/mol. The van der Waals surface area contributed by atoms with Crippen LogP contribution < -0.4 is 9.47 Å². The number of hydrogen-bond donors (Lipinski definition) is 0. The van der Waals surface area contributed by atoms with Gasteiger partial charge in [0.1, 0.15) is 0 Å². The van der Waals surface area contributed by atoms with Crippen LogP contribution in [0.5, 0.6) is 11.5 Å². The fraction of sp³-hybridized carbons (Fsp3) is 0.400. The predicted octanol–water partition coefficient (Wildman–Crippen LogP) is 1.96. The molecular weight excluding hydrogens is 242 g/mol. The number of likely N-dealkylation sites (tertiary alicyclic amines) is 1. The lowest BCUT2D eigenvalue weighted by Gasteiger charge is -2.06. The van der Waals surface area contributed by atoms with Crippen molar-refractivity contribution in [1.29, 1.82) is 0 Å². The van der Waals surface area contributed by atoms with Crippen molar-refractivity contribution in [3.63, 3.8) is 0 Å². The summed E-state index contributed by atoms with van der Waals surface area (Å²) in [7, 11) is 0. The number of aryl methyl sites for hydroxylation is 1. The summed E-state index contributed by atoms with van der Waals surface area (Å²) >= 11 is 0. The molecule has 0 aliphatic carbocycles. The number of nitrogens with zero attached hydrogens (tertiary/aromatic N) is 1. The summed E-state index contributed by atoms with van der Waals surface area (Å²) in [5.41, 5.74) is 1.46. The average Bonchev–Trinajstić information content (AvgIpc) is 3.05. The molecule has 0 N–H and O–H groups in total. The van der Waals surface area contributed by atoms with E-state index in [0.717, 1.165) is 31.5 Å². The first kappa shape index (κ1) is 11.9. The summed E-state index contributed by atoms with van der Waals surface area (Å²) in [4.78, 5) is 14.1. The van der Waals surface area contributed by atoms with E-state index in [1.807, 2.05) is 17.9 Å². The van der Waals surface area contributed by atoms with Gasteiger partial charge in [-0.2, -0.15) is 0 Å². The maximum absolute atomic E-state index is 12.1. The largest absolute Gasteiger partial charge is 0.454 e. The van der Waals surface area contributed by atoms with E-state index in [0.29, 0.717) is 17.1 Å². The lowest BCUT2D eigenvalue weighted by atomic mass is 10.0. The highest BCUT2D eigenvalue weighted by Crippen LogP contribution is 2.34. The molecule has 2 heterocycles. The van der Waals surface area contributed by atoms with Gasteiger partial charge in [0.25, 0.3) is 0 Å². The number of benzene rings is 1. The van der Waals surface area contributed by atoms with Gasteiger partial charge >= 0.3 is 0 Å². The smallest absolute Gasteiger partial charge is 0.238 e. The molecule has 0 aromatic heterocycles. The zero-order valence-electron chi connectivity index (χ0n) is 10.9. The molecule has 0 radical (unpaired) electrons. The molecular formula is C15H15NO3. The van der Waals surface area contributed by atoms with Crippen molar-refractivity contribution < 1.29 is 14.3 Å². The van der Waals surface area contributed by atoms with Gasteiger partial charge < -0.3 is 14.4 Å². The summed E-state index contributed by atoms with van der Waals surface area (Å²) in [6.45, 7) is 4.01. The van der Waals surface area contributed by atoms with Crippen molar-refractivity contribution in [2.75, 3.05) is 19.9 Å². The van der Waals surface area contributed by atoms with Crippen LogP contribution in [0.15, 0.2) is 12.1 Å². The van der Waals surface area contributed by atoms with Gasteiger partial charge in [0.15, 0.2) is 11.5 Å². The van der Waals surface area contributed by atoms with Gasteiger partial charge in [-0.3, -0.25) is 4.79 Å². The van der Waals surface area contributed by atoms with Crippen molar-refractivity contribution in [2.45, 2.75) is 19.8 Å². The number of fused-ring (bicyclic) bond motifs is 1. The molecule has 0 spiro atoms. The van der Waals surface area contributed by atoms with Crippen molar-refractivity contribution in [3.8, 4) is 23.5 Å². The second kappa shape index (κ2) is 4.85. The van der Waals surface area contributed by atoms with Crippen molar-refractivity contribution in [2.24, 2.45) is 0 Å². The van der Waals surface area contributed by atoms with Crippen LogP contribution in [0, 0.1) is 18.9 Å². The van der Waals surface area contributed by atoms with E-state index < -0.39 is 0 Å². The predicted molar refractivity (Wildman–Crippen MR) is 70.2 cm³/mol. The van der Waals surface area contributed by atoms with Gasteiger partial charge in [-0.05, 0) is 43.4 Å². The fourth-order valence-electron chi connectivity index (χ4n) is 2.31. The third-order valence-electron chi connectivity index (χ3n) is 3.40. The summed E-state index contributed by atoms with van der Waals surface area (Å²) in [6.07, 6.45) is 2.32. The van der Waals surface area contributed by atoms with Crippen LogP contribution in [-0.4, -0.2) is 30.6 Å². The first-order chi connectivity index (χ1) is 9.24. The lowest BCUT2D eigenvalue weighted by molar-refractivity contribution is 0.105. The molecule has 1 aromatic rings. The van der Waals surface area contributed by atoms with E-state index in [9.17, 15) is 4.79 Å². The van der Waals surface area contributed by atoms with Gasteiger partial charge in [-0.15, -0.1) is 0 Å². The minimum Gasteiger partial charge on any atom is -0.454 e. The Morgan fingerprint density at radius 3 is 2.63 bits per heavy atom. The quantitative estimate of drug-likeness (QED) is 0.569. The normalized spacial score (nSPS) is 16.2. The van der Waals surface area contributed by atoms with E-state index in [2.05, 4.69) is 12.0 Å². The highest BCUT2D eigenvalue weighted by Gasteiger charge is 2.18. The highest BCUT2D eigenvalue weighted by atomic mass is 16.7. The maximum Gasteiger partial charge on any atom is 0.238 e. The Kier molecular flexibility index (Phi) is 3.04. The topological polar surface area (TPSA) is 38.8 Å². The SMILES string of the molecule is Cc1cc2c(cc1C(=O)C#CN1CCCC1)OCO2. The fourth-order valence-corrected chi connectivity index (χ4v) is 2.31. The summed E-state index contributed by atoms with van der Waals surface area (Å²) in [5, 5.41) is 0. The second-order valence-electron chi connectivity index (χ2n) is 4.78. The van der Waals surface area contributed by atoms with Crippen LogP contribution in [0.1, 0.15) is 28.8 Å². The number of carbonyl (C=O) groups is 1. The van der Waals surface area contributed by atoms with E-state index in [1.165, 1.54) is 0 Å². The zero-order chi connectivity index (χ0) is 13.2.